The monoisotopic (exact) mass is 307 g/mol. The van der Waals surface area contributed by atoms with Gasteiger partial charge in [-0.3, -0.25) is 18.8 Å². The van der Waals surface area contributed by atoms with Crippen molar-refractivity contribution in [1.29, 1.82) is 0 Å². The van der Waals surface area contributed by atoms with Gasteiger partial charge in [0.25, 0.3) is 11.8 Å². The van der Waals surface area contributed by atoms with Crippen molar-refractivity contribution in [3.63, 3.8) is 0 Å². The number of carbonyl (C=O) groups is 4. The van der Waals surface area contributed by atoms with Crippen LogP contribution in [0.3, 0.4) is 0 Å². The van der Waals surface area contributed by atoms with Crippen LogP contribution in [0.25, 0.3) is 0 Å². The van der Waals surface area contributed by atoms with Crippen molar-refractivity contribution in [1.82, 2.24) is 5.06 Å². The summed E-state index contributed by atoms with van der Waals surface area (Å²) < 4.78 is 12.0. The van der Waals surface area contributed by atoms with Gasteiger partial charge in [0, 0.05) is 24.8 Å². The number of alkyl halides is 1. The van der Waals surface area contributed by atoms with Gasteiger partial charge in [-0.05, 0) is 18.6 Å². The van der Waals surface area contributed by atoms with Crippen LogP contribution in [-0.2, 0) is 14.4 Å². The molecule has 0 N–H and O–H groups in total. The van der Waals surface area contributed by atoms with E-state index in [9.17, 15) is 23.6 Å². The second kappa shape index (κ2) is 6.93. The van der Waals surface area contributed by atoms with Crippen LogP contribution < -0.4 is 0 Å². The largest absolute Gasteiger partial charge is 0.363 e. The Hall–Kier alpha value is -2.57. The van der Waals surface area contributed by atoms with E-state index in [1.807, 2.05) is 0 Å². The zero-order chi connectivity index (χ0) is 16.1. The van der Waals surface area contributed by atoms with E-state index < -0.39 is 24.5 Å². The number of carbonyl (C=O) groups excluding carboxylic acids is 4. The second-order valence-corrected chi connectivity index (χ2v) is 4.75. The summed E-state index contributed by atoms with van der Waals surface area (Å²) in [5.41, 5.74) is 0.466. The lowest BCUT2D eigenvalue weighted by molar-refractivity contribution is -0.172. The number of benzene rings is 1. The molecule has 0 aromatic heterocycles. The molecule has 7 heteroatoms. The Morgan fingerprint density at radius 1 is 1.05 bits per heavy atom. The zero-order valence-electron chi connectivity index (χ0n) is 11.7. The van der Waals surface area contributed by atoms with Gasteiger partial charge < -0.3 is 4.84 Å². The molecule has 6 nitrogen and oxygen atoms in total. The van der Waals surface area contributed by atoms with Gasteiger partial charge in [-0.15, -0.1) is 5.06 Å². The fourth-order valence-corrected chi connectivity index (χ4v) is 1.96. The number of rotatable bonds is 6. The minimum absolute atomic E-state index is 0.0219. The van der Waals surface area contributed by atoms with Gasteiger partial charge in [-0.2, -0.15) is 0 Å². The molecule has 1 saturated heterocycles. The van der Waals surface area contributed by atoms with Crippen LogP contribution in [0, 0.1) is 0 Å². The van der Waals surface area contributed by atoms with Gasteiger partial charge in [0.1, 0.15) is 0 Å². The quantitative estimate of drug-likeness (QED) is 0.591. The van der Waals surface area contributed by atoms with Crippen molar-refractivity contribution < 1.29 is 28.4 Å². The van der Waals surface area contributed by atoms with E-state index in [-0.39, 0.29) is 37.0 Å². The average molecular weight is 307 g/mol. The molecule has 2 amide bonds. The fraction of sp³-hybridized carbons (Fsp3) is 0.333. The van der Waals surface area contributed by atoms with Gasteiger partial charge in [-0.1, -0.05) is 12.1 Å². The highest BCUT2D eigenvalue weighted by Crippen LogP contribution is 2.15. The minimum atomic E-state index is -0.855. The van der Waals surface area contributed by atoms with E-state index in [0.29, 0.717) is 10.6 Å². The second-order valence-electron chi connectivity index (χ2n) is 4.75. The maximum Gasteiger partial charge on any atom is 0.363 e. The Morgan fingerprint density at radius 3 is 2.14 bits per heavy atom. The molecule has 1 heterocycles. The molecule has 0 unspecified atom stereocenters. The smallest absolute Gasteiger partial charge is 0.325 e. The first kappa shape index (κ1) is 15.8. The standard InChI is InChI=1S/C15H14FNO5/c16-9-1-2-12(18)10-3-5-11(6-4-10)15(21)22-17-13(19)7-8-14(17)20/h3-6H,1-2,7-9H2. The van der Waals surface area contributed by atoms with E-state index in [1.165, 1.54) is 24.3 Å². The number of Topliss-reactive ketones (excluding diaryl/α,β-unsaturated/α-hetero) is 1. The van der Waals surface area contributed by atoms with E-state index in [4.69, 9.17) is 4.84 Å². The van der Waals surface area contributed by atoms with Crippen molar-refractivity contribution >= 4 is 23.6 Å². The summed E-state index contributed by atoms with van der Waals surface area (Å²) >= 11 is 0. The SMILES string of the molecule is O=C(CCCF)c1ccc(C(=O)ON2C(=O)CCC2=O)cc1. The number of halogens is 1. The maximum atomic E-state index is 12.0. The van der Waals surface area contributed by atoms with Crippen molar-refractivity contribution in [3.8, 4) is 0 Å². The molecule has 1 aromatic rings. The average Bonchev–Trinajstić information content (AvgIpc) is 2.84. The van der Waals surface area contributed by atoms with Crippen LogP contribution in [-0.4, -0.2) is 35.3 Å². The van der Waals surface area contributed by atoms with Crippen LogP contribution >= 0.6 is 0 Å². The molecule has 0 atom stereocenters. The highest BCUT2D eigenvalue weighted by Gasteiger charge is 2.33. The lowest BCUT2D eigenvalue weighted by Gasteiger charge is -2.12. The molecule has 0 aliphatic carbocycles. The molecule has 0 spiro atoms. The summed E-state index contributed by atoms with van der Waals surface area (Å²) in [5, 5.41) is 0.461. The summed E-state index contributed by atoms with van der Waals surface area (Å²) in [6.07, 6.45) is 0.293. The van der Waals surface area contributed by atoms with Crippen LogP contribution in [0.5, 0.6) is 0 Å². The first-order valence-corrected chi connectivity index (χ1v) is 6.80. The molecule has 22 heavy (non-hydrogen) atoms. The van der Waals surface area contributed by atoms with Crippen molar-refractivity contribution in [3.05, 3.63) is 35.4 Å². The van der Waals surface area contributed by atoms with E-state index in [1.54, 1.807) is 0 Å². The van der Waals surface area contributed by atoms with Gasteiger partial charge in [0.2, 0.25) is 0 Å². The van der Waals surface area contributed by atoms with E-state index in [0.717, 1.165) is 0 Å². The number of amides is 2. The van der Waals surface area contributed by atoms with E-state index >= 15 is 0 Å². The molecular weight excluding hydrogens is 293 g/mol. The Labute approximate surface area is 125 Å². The molecule has 0 bridgehead atoms. The summed E-state index contributed by atoms with van der Waals surface area (Å²) in [6, 6.07) is 5.56. The van der Waals surface area contributed by atoms with Gasteiger partial charge in [0.15, 0.2) is 5.78 Å². The molecule has 0 saturated carbocycles. The van der Waals surface area contributed by atoms with Crippen LogP contribution in [0.15, 0.2) is 24.3 Å². The third-order valence-corrected chi connectivity index (χ3v) is 3.16. The zero-order valence-corrected chi connectivity index (χ0v) is 11.7. The van der Waals surface area contributed by atoms with Crippen molar-refractivity contribution in [2.24, 2.45) is 0 Å². The van der Waals surface area contributed by atoms with Gasteiger partial charge >= 0.3 is 5.97 Å². The van der Waals surface area contributed by atoms with Crippen molar-refractivity contribution in [2.45, 2.75) is 25.7 Å². The number of hydroxylamine groups is 2. The molecule has 1 fully saturated rings. The highest BCUT2D eigenvalue weighted by molar-refractivity contribution is 6.03. The maximum absolute atomic E-state index is 12.0. The van der Waals surface area contributed by atoms with E-state index in [2.05, 4.69) is 0 Å². The molecular formula is C15H14FNO5. The number of hydrogen-bond acceptors (Lipinski definition) is 5. The number of imide groups is 1. The minimum Gasteiger partial charge on any atom is -0.325 e. The predicted octanol–water partition coefficient (Wildman–Crippen LogP) is 1.84. The fourth-order valence-electron chi connectivity index (χ4n) is 1.96. The Balaban J connectivity index is 2.00. The first-order valence-electron chi connectivity index (χ1n) is 6.80. The summed E-state index contributed by atoms with van der Waals surface area (Å²) in [7, 11) is 0. The number of hydrogen-bond donors (Lipinski definition) is 0. The highest BCUT2D eigenvalue weighted by atomic mass is 19.1. The Bertz CT molecular complexity index is 595. The predicted molar refractivity (Wildman–Crippen MR) is 72.5 cm³/mol. The number of ketones is 1. The molecule has 0 radical (unpaired) electrons. The topological polar surface area (TPSA) is 80.8 Å². The Kier molecular flexibility index (Phi) is 4.98. The van der Waals surface area contributed by atoms with Gasteiger partial charge in [-0.25, -0.2) is 4.79 Å². The normalized spacial score (nSPS) is 14.3. The van der Waals surface area contributed by atoms with Crippen LogP contribution in [0.2, 0.25) is 0 Å². The van der Waals surface area contributed by atoms with Crippen LogP contribution in [0.1, 0.15) is 46.4 Å². The molecule has 1 aliphatic rings. The molecule has 116 valence electrons. The third kappa shape index (κ3) is 3.55. The number of nitrogens with zero attached hydrogens (tertiary/aromatic N) is 1. The summed E-state index contributed by atoms with van der Waals surface area (Å²) in [6.45, 7) is -0.561. The lowest BCUT2D eigenvalue weighted by Crippen LogP contribution is -2.32. The molecule has 1 aromatic carbocycles. The molecule has 2 rings (SSSR count). The first-order chi connectivity index (χ1) is 10.5. The van der Waals surface area contributed by atoms with Gasteiger partial charge in [0.05, 0.1) is 12.2 Å². The third-order valence-electron chi connectivity index (χ3n) is 3.16. The van der Waals surface area contributed by atoms with Crippen LogP contribution in [0.4, 0.5) is 4.39 Å². The molecule has 1 aliphatic heterocycles. The summed E-state index contributed by atoms with van der Waals surface area (Å²) in [5.74, 6) is -2.19. The lowest BCUT2D eigenvalue weighted by atomic mass is 10.1. The van der Waals surface area contributed by atoms with Crippen molar-refractivity contribution in [2.75, 3.05) is 6.67 Å². The Morgan fingerprint density at radius 2 is 1.59 bits per heavy atom. The summed E-state index contributed by atoms with van der Waals surface area (Å²) in [4.78, 5) is 51.0.